The van der Waals surface area contributed by atoms with E-state index in [0.717, 1.165) is 54.7 Å². The predicted molar refractivity (Wildman–Crippen MR) is 390 cm³/mol. The molecule has 36 heteroatoms. The third-order valence-corrected chi connectivity index (χ3v) is 20.6. The minimum Gasteiger partial charge on any atom is -0.496 e. The number of nitrogens with zero attached hydrogens (tertiary/aromatic N) is 7. The van der Waals surface area contributed by atoms with E-state index in [9.17, 15) is 72.0 Å². The number of oxime groups is 1. The van der Waals surface area contributed by atoms with Crippen molar-refractivity contribution in [2.75, 3.05) is 45.6 Å². The Morgan fingerprint density at radius 3 is 1.90 bits per heavy atom. The van der Waals surface area contributed by atoms with Crippen LogP contribution < -0.4 is 45.4 Å². The number of carbonyl (C=O) groups is 5. The van der Waals surface area contributed by atoms with Crippen LogP contribution in [0.5, 0.6) is 17.6 Å². The lowest BCUT2D eigenvalue weighted by molar-refractivity contribution is -0.143. The Kier molecular flexibility index (Phi) is 26.7. The molecule has 5 aromatic carbocycles. The molecule has 1 saturated carbocycles. The lowest BCUT2D eigenvalue weighted by Gasteiger charge is -2.19. The van der Waals surface area contributed by atoms with Gasteiger partial charge in [0.15, 0.2) is 15.6 Å². The van der Waals surface area contributed by atoms with E-state index < -0.39 is 82.5 Å². The van der Waals surface area contributed by atoms with Crippen LogP contribution in [-0.2, 0) is 83.7 Å². The zero-order valence-electron chi connectivity index (χ0n) is 61.2. The maximum Gasteiger partial charge on any atom is 0.389 e. The van der Waals surface area contributed by atoms with Crippen LogP contribution in [0.3, 0.4) is 0 Å². The molecule has 5 heterocycles. The minimum atomic E-state index is -4.45. The van der Waals surface area contributed by atoms with Gasteiger partial charge in [0, 0.05) is 55.1 Å². The Hall–Kier alpha value is -10.9. The second-order valence-corrected chi connectivity index (χ2v) is 31.2. The quantitative estimate of drug-likeness (QED) is 0.0353. The monoisotopic (exact) mass is 1560 g/mol. The molecule has 0 spiro atoms. The molecule has 108 heavy (non-hydrogen) atoms. The Morgan fingerprint density at radius 2 is 1.32 bits per heavy atom. The Labute approximate surface area is 620 Å². The SMILES string of the molecule is CCc1cc(C)cc(CC)c1-c1c(OC(=O)C(C)(C)C)n2n(c1=O)CCOCC2.COc1ccccc1C(=O)NS(=O)(=O)c1ccc(C(=O)NC2CC2)cc1.COc1nc(C)nc(NC(=O)NS(=O)(=O)c2ccccc2CCC(F)(F)F)n1.Cc1c(C(=O)c2c[nH]n(C)c2=O)ccc(S(C)(=O)=O)c1C1=NOCC1. The van der Waals surface area contributed by atoms with E-state index >= 15 is 0 Å². The number of aromatic amines is 1. The van der Waals surface area contributed by atoms with Gasteiger partial charge in [-0.2, -0.15) is 28.1 Å². The van der Waals surface area contributed by atoms with Gasteiger partial charge >= 0.3 is 24.2 Å². The largest absolute Gasteiger partial charge is 0.496 e. The van der Waals surface area contributed by atoms with E-state index in [-0.39, 0.29) is 79.1 Å². The van der Waals surface area contributed by atoms with Gasteiger partial charge in [-0.15, -0.1) is 0 Å². The predicted octanol–water partition coefficient (Wildman–Crippen LogP) is 8.41. The molecule has 8 aromatic rings. The number of para-hydroxylation sites is 1. The molecule has 1 aliphatic carbocycles. The molecule has 30 nitrogen and oxygen atoms in total. The van der Waals surface area contributed by atoms with Gasteiger partial charge in [-0.05, 0) is 156 Å². The van der Waals surface area contributed by atoms with Gasteiger partial charge < -0.3 is 34.2 Å². The van der Waals surface area contributed by atoms with Gasteiger partial charge in [0.1, 0.15) is 29.3 Å². The van der Waals surface area contributed by atoms with Gasteiger partial charge in [-0.25, -0.2) is 48.9 Å². The van der Waals surface area contributed by atoms with Crippen molar-refractivity contribution in [2.45, 2.75) is 140 Å². The Balaban J connectivity index is 0.000000182. The number of sulfonamides is 2. The van der Waals surface area contributed by atoms with Crippen LogP contribution in [0.25, 0.3) is 11.1 Å². The molecule has 0 unspecified atom stereocenters. The summed E-state index contributed by atoms with van der Waals surface area (Å²) in [6.45, 7) is 17.0. The number of amides is 4. The number of ketones is 1. The number of nitrogens with one attached hydrogen (secondary N) is 5. The first-order valence-electron chi connectivity index (χ1n) is 33.8. The maximum absolute atomic E-state index is 13.5. The van der Waals surface area contributed by atoms with E-state index in [1.807, 2.05) is 25.5 Å². The Bertz CT molecular complexity index is 5210. The fourth-order valence-electron chi connectivity index (χ4n) is 11.2. The number of hydrogen-bond acceptors (Lipinski definition) is 22. The first kappa shape index (κ1) is 82.8. The molecule has 3 aliphatic rings. The normalized spacial score (nSPS) is 13.5. The number of rotatable bonds is 20. The van der Waals surface area contributed by atoms with Crippen molar-refractivity contribution in [3.8, 4) is 28.8 Å². The highest BCUT2D eigenvalue weighted by atomic mass is 32.2. The number of aromatic nitrogens is 7. The number of benzene rings is 5. The number of alkyl halides is 3. The van der Waals surface area contributed by atoms with Crippen molar-refractivity contribution in [3.63, 3.8) is 0 Å². The van der Waals surface area contributed by atoms with Crippen molar-refractivity contribution in [1.29, 1.82) is 0 Å². The smallest absolute Gasteiger partial charge is 0.389 e. The zero-order chi connectivity index (χ0) is 79.4. The van der Waals surface area contributed by atoms with Crippen molar-refractivity contribution < 1.29 is 86.2 Å². The van der Waals surface area contributed by atoms with E-state index in [2.05, 4.69) is 68.7 Å². The second kappa shape index (κ2) is 34.8. The average molecular weight is 1560 g/mol. The molecule has 4 amide bonds. The highest BCUT2D eigenvalue weighted by Gasteiger charge is 2.35. The second-order valence-electron chi connectivity index (χ2n) is 25.9. The topological polar surface area (TPSA) is 398 Å². The van der Waals surface area contributed by atoms with Crippen molar-refractivity contribution >= 4 is 71.1 Å². The first-order valence-corrected chi connectivity index (χ1v) is 38.6. The summed E-state index contributed by atoms with van der Waals surface area (Å²) in [7, 11) is -7.84. The van der Waals surface area contributed by atoms with Gasteiger partial charge in [0.05, 0.1) is 71.9 Å². The molecule has 11 rings (SSSR count). The molecule has 5 N–H and O–H groups in total. The molecule has 2 aliphatic heterocycles. The van der Waals surface area contributed by atoms with Crippen LogP contribution in [0.1, 0.15) is 136 Å². The number of hydrogen-bond donors (Lipinski definition) is 5. The number of ether oxygens (including phenoxy) is 4. The van der Waals surface area contributed by atoms with Crippen molar-refractivity contribution in [3.05, 3.63) is 185 Å². The summed E-state index contributed by atoms with van der Waals surface area (Å²) in [6, 6.07) is 22.8. The molecular formula is C72H83F3N12O18S3. The fourth-order valence-corrected chi connectivity index (χ4v) is 14.3. The summed E-state index contributed by atoms with van der Waals surface area (Å²) in [5.41, 5.74) is 5.51. The molecule has 0 bridgehead atoms. The fraction of sp³-hybridized carbons (Fsp3) is 0.375. The van der Waals surface area contributed by atoms with Crippen LogP contribution in [0, 0.1) is 26.2 Å². The number of methoxy groups -OCH3 is 2. The lowest BCUT2D eigenvalue weighted by Crippen LogP contribution is -2.35. The van der Waals surface area contributed by atoms with Gasteiger partial charge in [0.2, 0.25) is 11.8 Å². The molecular weight excluding hydrogens is 1470 g/mol. The summed E-state index contributed by atoms with van der Waals surface area (Å²) in [5, 5.41) is 11.5. The van der Waals surface area contributed by atoms with Gasteiger partial charge in [0.25, 0.3) is 43.0 Å². The van der Waals surface area contributed by atoms with E-state index in [1.165, 1.54) is 105 Å². The van der Waals surface area contributed by atoms with Gasteiger partial charge in [-0.1, -0.05) is 67.0 Å². The number of sulfone groups is 1. The third-order valence-electron chi connectivity index (χ3n) is 16.7. The van der Waals surface area contributed by atoms with E-state index in [0.29, 0.717) is 73.2 Å². The number of carbonyl (C=O) groups excluding carboxylic acids is 5. The zero-order valence-corrected chi connectivity index (χ0v) is 63.7. The van der Waals surface area contributed by atoms with E-state index in [1.54, 1.807) is 39.2 Å². The van der Waals surface area contributed by atoms with Crippen LogP contribution >= 0.6 is 0 Å². The number of fused-ring (bicyclic) bond motifs is 1. The van der Waals surface area contributed by atoms with Crippen molar-refractivity contribution in [2.24, 2.45) is 17.6 Å². The molecule has 0 radical (unpaired) electrons. The minimum absolute atomic E-state index is 0.00623. The van der Waals surface area contributed by atoms with Crippen molar-refractivity contribution in [1.82, 2.24) is 48.9 Å². The summed E-state index contributed by atoms with van der Waals surface area (Å²) in [6.07, 6.45) is 0.219. The molecule has 0 atom stereocenters. The molecule has 1 fully saturated rings. The molecule has 578 valence electrons. The number of esters is 1. The molecule has 3 aromatic heterocycles. The van der Waals surface area contributed by atoms with Crippen LogP contribution in [0.15, 0.2) is 133 Å². The number of aryl methyl sites for hydroxylation is 6. The summed E-state index contributed by atoms with van der Waals surface area (Å²) >= 11 is 0. The van der Waals surface area contributed by atoms with E-state index in [4.69, 9.17) is 23.8 Å². The number of halogens is 3. The summed E-state index contributed by atoms with van der Waals surface area (Å²) in [5.74, 6) is -1.30. The van der Waals surface area contributed by atoms with Crippen LogP contribution in [-0.4, -0.2) is 147 Å². The maximum atomic E-state index is 13.5. The average Bonchev–Trinajstić information content (AvgIpc) is 1.57. The highest BCUT2D eigenvalue weighted by molar-refractivity contribution is 7.91. The summed E-state index contributed by atoms with van der Waals surface area (Å²) < 4.78 is 141. The van der Waals surface area contributed by atoms with Crippen LogP contribution in [0.2, 0.25) is 0 Å². The van der Waals surface area contributed by atoms with Crippen LogP contribution in [0.4, 0.5) is 23.9 Å². The summed E-state index contributed by atoms with van der Waals surface area (Å²) in [4.78, 5) is 103. The Morgan fingerprint density at radius 1 is 0.685 bits per heavy atom. The lowest BCUT2D eigenvalue weighted by atomic mass is 9.91. The molecule has 0 saturated heterocycles. The third kappa shape index (κ3) is 20.8. The standard InChI is InChI=1S/C23H32N2O4.C18H18N2O5S.C16H17N3O5S.C15H16F3N5O4S/c1-7-16-13-15(3)14-17(8-2)18(16)19-20(26)24-9-11-28-12-10-25(24)21(19)29-22(27)23(4,5)6;1-25-16-5-3-2-4-15(16)18(22)20-26(23,24)14-10-6-12(7-11-14)17(21)19-13-8-9-13;1-9-10(15(20)11-8-17-19(2)16(11)21)4-5-13(25(3,22)23)14(9)12-6-7-24-18-12;1-9-19-12(22-14(20-9)27-2)21-13(24)23-28(25,26)11-6-4-3-5-10(11)7-8-15(16,17)18/h13-14H,7-12H2,1-6H3;2-7,10-11,13H,8-9H2,1H3,(H,19,21)(H,20,22);4-5,8,17H,6-7H2,1-3H3;3-6H,7-8H2,1-2H3,(H2,19,20,21,22,23,24). The van der Waals surface area contributed by atoms with Gasteiger partial charge in [-0.3, -0.25) is 38.8 Å². The highest BCUT2D eigenvalue weighted by Crippen LogP contribution is 2.37. The number of anilines is 1. The first-order chi connectivity index (χ1) is 50.8. The number of H-pyrrole nitrogens is 1. The number of urea groups is 1.